The third-order valence-corrected chi connectivity index (χ3v) is 1.89. The van der Waals surface area contributed by atoms with Gasteiger partial charge in [-0.1, -0.05) is 15.9 Å². The summed E-state index contributed by atoms with van der Waals surface area (Å²) in [6, 6.07) is 2.63. The summed E-state index contributed by atoms with van der Waals surface area (Å²) in [5.74, 6) is -0.536. The smallest absolute Gasteiger partial charge is 0.321 e. The number of nitrogens with zero attached hydrogens (tertiary/aromatic N) is 1. The fourth-order valence-corrected chi connectivity index (χ4v) is 1.08. The Kier molecular flexibility index (Phi) is 3.63. The molecule has 0 atom stereocenters. The van der Waals surface area contributed by atoms with E-state index in [0.717, 1.165) is 0 Å². The Morgan fingerprint density at radius 3 is 2.86 bits per heavy atom. The Morgan fingerprint density at radius 1 is 1.64 bits per heavy atom. The zero-order valence-electron chi connectivity index (χ0n) is 7.12. The van der Waals surface area contributed by atoms with Gasteiger partial charge in [-0.2, -0.15) is 0 Å². The number of hydrogen-bond acceptors (Lipinski definition) is 3. The van der Waals surface area contributed by atoms with Gasteiger partial charge in [-0.3, -0.25) is 4.79 Å². The van der Waals surface area contributed by atoms with Gasteiger partial charge in [-0.15, -0.1) is 0 Å². The number of halogens is 1. The Labute approximate surface area is 88.0 Å². The van der Waals surface area contributed by atoms with E-state index in [4.69, 9.17) is 0 Å². The molecule has 1 aromatic heterocycles. The molecule has 0 aromatic carbocycles. The highest BCUT2D eigenvalue weighted by Gasteiger charge is 2.14. The van der Waals surface area contributed by atoms with Crippen LogP contribution in [0.5, 0.6) is 0 Å². The molecule has 76 valence electrons. The van der Waals surface area contributed by atoms with Gasteiger partial charge in [0.1, 0.15) is 0 Å². The lowest BCUT2D eigenvalue weighted by molar-refractivity contribution is -0.389. The van der Waals surface area contributed by atoms with Gasteiger partial charge in [0, 0.05) is 17.9 Å². The summed E-state index contributed by atoms with van der Waals surface area (Å²) in [6.07, 6.45) is 0. The molecular formula is C7H8BrN3O3. The lowest BCUT2D eigenvalue weighted by Crippen LogP contribution is -2.25. The van der Waals surface area contributed by atoms with Crippen LogP contribution >= 0.6 is 15.9 Å². The van der Waals surface area contributed by atoms with Crippen LogP contribution in [0.25, 0.3) is 0 Å². The van der Waals surface area contributed by atoms with E-state index in [2.05, 4.69) is 26.2 Å². The molecule has 0 radical (unpaired) electrons. The highest BCUT2D eigenvalue weighted by atomic mass is 79.9. The first-order valence-corrected chi connectivity index (χ1v) is 4.95. The largest absolute Gasteiger partial charge is 0.358 e. The highest BCUT2D eigenvalue weighted by Crippen LogP contribution is 2.09. The van der Waals surface area contributed by atoms with Crippen molar-refractivity contribution in [3.8, 4) is 0 Å². The van der Waals surface area contributed by atoms with Crippen molar-refractivity contribution >= 4 is 27.7 Å². The van der Waals surface area contributed by atoms with Gasteiger partial charge in [0.25, 0.3) is 5.91 Å². The van der Waals surface area contributed by atoms with E-state index < -0.39 is 4.92 Å². The molecule has 0 saturated carbocycles. The van der Waals surface area contributed by atoms with Crippen LogP contribution < -0.4 is 5.32 Å². The van der Waals surface area contributed by atoms with Gasteiger partial charge in [-0.25, -0.2) is 4.98 Å². The van der Waals surface area contributed by atoms with E-state index in [-0.39, 0.29) is 17.4 Å². The molecule has 14 heavy (non-hydrogen) atoms. The number of aromatic nitrogens is 1. The van der Waals surface area contributed by atoms with Crippen molar-refractivity contribution < 1.29 is 9.72 Å². The maximum Gasteiger partial charge on any atom is 0.321 e. The van der Waals surface area contributed by atoms with Crippen LogP contribution in [0.2, 0.25) is 0 Å². The summed E-state index contributed by atoms with van der Waals surface area (Å²) >= 11 is 3.15. The van der Waals surface area contributed by atoms with Gasteiger partial charge in [-0.05, 0) is 11.0 Å². The van der Waals surface area contributed by atoms with Gasteiger partial charge in [0.05, 0.1) is 0 Å². The van der Waals surface area contributed by atoms with Crippen molar-refractivity contribution in [3.63, 3.8) is 0 Å². The van der Waals surface area contributed by atoms with Gasteiger partial charge < -0.3 is 15.4 Å². The maximum atomic E-state index is 11.3. The van der Waals surface area contributed by atoms with E-state index in [1.165, 1.54) is 12.1 Å². The number of carbonyl (C=O) groups is 1. The van der Waals surface area contributed by atoms with Crippen LogP contribution in [0.3, 0.4) is 0 Å². The van der Waals surface area contributed by atoms with E-state index in [1.54, 1.807) is 0 Å². The maximum absolute atomic E-state index is 11.3. The molecular weight excluding hydrogens is 254 g/mol. The zero-order valence-corrected chi connectivity index (χ0v) is 8.70. The summed E-state index contributed by atoms with van der Waals surface area (Å²) in [4.78, 5) is 23.4. The van der Waals surface area contributed by atoms with E-state index in [1.807, 2.05) is 0 Å². The number of nitro groups is 1. The van der Waals surface area contributed by atoms with Crippen LogP contribution in [-0.4, -0.2) is 27.7 Å². The summed E-state index contributed by atoms with van der Waals surface area (Å²) in [6.45, 7) is 0.478. The molecule has 0 aliphatic heterocycles. The number of hydrogen-bond donors (Lipinski definition) is 2. The van der Waals surface area contributed by atoms with E-state index in [0.29, 0.717) is 11.9 Å². The molecule has 7 heteroatoms. The first-order chi connectivity index (χ1) is 6.65. The Balaban J connectivity index is 2.66. The predicted molar refractivity (Wildman–Crippen MR) is 53.6 cm³/mol. The van der Waals surface area contributed by atoms with Gasteiger partial charge in [0.15, 0.2) is 5.69 Å². The number of amides is 1. The molecule has 0 aliphatic rings. The highest BCUT2D eigenvalue weighted by molar-refractivity contribution is 9.09. The van der Waals surface area contributed by atoms with Gasteiger partial charge >= 0.3 is 5.82 Å². The van der Waals surface area contributed by atoms with Crippen LogP contribution in [0.15, 0.2) is 12.1 Å². The minimum absolute atomic E-state index is 0.186. The average Bonchev–Trinajstić information content (AvgIpc) is 2.62. The quantitative estimate of drug-likeness (QED) is 0.483. The van der Waals surface area contributed by atoms with Crippen LogP contribution in [0, 0.1) is 10.1 Å². The lowest BCUT2D eigenvalue weighted by atomic mass is 10.4. The summed E-state index contributed by atoms with van der Waals surface area (Å²) in [7, 11) is 0. The number of H-pyrrole nitrogens is 1. The minimum atomic E-state index is -0.582. The fraction of sp³-hybridized carbons (Fsp3) is 0.286. The second kappa shape index (κ2) is 4.75. The van der Waals surface area contributed by atoms with Crippen molar-refractivity contribution in [2.45, 2.75) is 0 Å². The number of rotatable bonds is 4. The Hall–Kier alpha value is -1.37. The molecule has 0 saturated heterocycles. The summed E-state index contributed by atoms with van der Waals surface area (Å²) in [5.41, 5.74) is 0.192. The summed E-state index contributed by atoms with van der Waals surface area (Å²) < 4.78 is 0. The number of nitrogens with one attached hydrogen (secondary N) is 2. The minimum Gasteiger partial charge on any atom is -0.358 e. The molecule has 2 N–H and O–H groups in total. The van der Waals surface area contributed by atoms with E-state index >= 15 is 0 Å². The standard InChI is InChI=1S/C7H8BrN3O3/c8-3-4-9-7(12)5-1-2-6(10-5)11(13)14/h1-2,10H,3-4H2,(H,9,12). The molecule has 1 heterocycles. The molecule has 0 fully saturated rings. The van der Waals surface area contributed by atoms with Crippen molar-refractivity contribution in [2.24, 2.45) is 0 Å². The second-order valence-electron chi connectivity index (χ2n) is 2.46. The van der Waals surface area contributed by atoms with Crippen molar-refractivity contribution in [2.75, 3.05) is 11.9 Å². The lowest BCUT2D eigenvalue weighted by Gasteiger charge is -1.96. The third-order valence-electron chi connectivity index (χ3n) is 1.49. The third kappa shape index (κ3) is 2.56. The molecule has 1 aromatic rings. The SMILES string of the molecule is O=C(NCCBr)c1ccc([N+](=O)[O-])[nH]1. The fourth-order valence-electron chi connectivity index (χ4n) is 0.879. The van der Waals surface area contributed by atoms with Gasteiger partial charge in [0.2, 0.25) is 0 Å². The van der Waals surface area contributed by atoms with Crippen molar-refractivity contribution in [1.82, 2.24) is 10.3 Å². The van der Waals surface area contributed by atoms with E-state index in [9.17, 15) is 14.9 Å². The molecule has 1 rings (SSSR count). The average molecular weight is 262 g/mol. The topological polar surface area (TPSA) is 88.0 Å². The number of alkyl halides is 1. The molecule has 0 aliphatic carbocycles. The molecule has 0 bridgehead atoms. The molecule has 6 nitrogen and oxygen atoms in total. The molecule has 0 unspecified atom stereocenters. The predicted octanol–water partition coefficient (Wildman–Crippen LogP) is 1.05. The monoisotopic (exact) mass is 261 g/mol. The van der Waals surface area contributed by atoms with Crippen LogP contribution in [0.1, 0.15) is 10.5 Å². The first-order valence-electron chi connectivity index (χ1n) is 3.82. The summed E-state index contributed by atoms with van der Waals surface area (Å²) in [5, 5.41) is 13.5. The molecule has 0 spiro atoms. The number of aromatic amines is 1. The normalized spacial score (nSPS) is 9.79. The van der Waals surface area contributed by atoms with Crippen molar-refractivity contribution in [1.29, 1.82) is 0 Å². The Bertz CT molecular complexity index is 350. The first kappa shape index (κ1) is 10.7. The van der Waals surface area contributed by atoms with Crippen LogP contribution in [-0.2, 0) is 0 Å². The Morgan fingerprint density at radius 2 is 2.36 bits per heavy atom. The van der Waals surface area contributed by atoms with Crippen LogP contribution in [0.4, 0.5) is 5.82 Å². The van der Waals surface area contributed by atoms with Crippen molar-refractivity contribution in [3.05, 3.63) is 27.9 Å². The number of carbonyl (C=O) groups excluding carboxylic acids is 1. The second-order valence-corrected chi connectivity index (χ2v) is 3.25. The zero-order chi connectivity index (χ0) is 10.6. The molecule has 1 amide bonds.